The van der Waals surface area contributed by atoms with Gasteiger partial charge in [0.05, 0.1) is 31.0 Å². The van der Waals surface area contributed by atoms with Gasteiger partial charge in [0.1, 0.15) is 17.3 Å². The molecule has 1 atom stereocenters. The number of nitrogens with one attached hydrogen (secondary N) is 1. The first-order valence-electron chi connectivity index (χ1n) is 9.39. The summed E-state index contributed by atoms with van der Waals surface area (Å²) in [7, 11) is 0. The molecule has 0 unspecified atom stereocenters. The molecule has 5 nitrogen and oxygen atoms in total. The van der Waals surface area contributed by atoms with Gasteiger partial charge in [-0.05, 0) is 42.3 Å². The van der Waals surface area contributed by atoms with Crippen molar-refractivity contribution in [1.29, 1.82) is 5.26 Å². The number of morpholine rings is 1. The largest absolute Gasteiger partial charge is 0.494 e. The summed E-state index contributed by atoms with van der Waals surface area (Å²) in [6.07, 6.45) is -0.101. The molecule has 1 N–H and O–H groups in total. The van der Waals surface area contributed by atoms with Crippen molar-refractivity contribution in [3.05, 3.63) is 64.5 Å². The molecule has 29 heavy (non-hydrogen) atoms. The molecule has 1 aliphatic heterocycles. The number of nitrogens with zero attached hydrogens (tertiary/aromatic N) is 1. The van der Waals surface area contributed by atoms with Crippen LogP contribution in [0.1, 0.15) is 35.3 Å². The van der Waals surface area contributed by atoms with Gasteiger partial charge in [-0.3, -0.25) is 4.79 Å². The van der Waals surface area contributed by atoms with Crippen LogP contribution in [-0.4, -0.2) is 32.1 Å². The molecule has 0 bridgehead atoms. The fourth-order valence-electron chi connectivity index (χ4n) is 3.26. The Morgan fingerprint density at radius 2 is 2.07 bits per heavy atom. The second-order valence-corrected chi connectivity index (χ2v) is 6.67. The van der Waals surface area contributed by atoms with E-state index in [1.165, 1.54) is 6.07 Å². The quantitative estimate of drug-likeness (QED) is 0.744. The zero-order valence-electron chi connectivity index (χ0n) is 16.2. The number of hydrogen-bond donors (Lipinski definition) is 1. The molecule has 0 aromatic heterocycles. The minimum atomic E-state index is -0.407. The fraction of sp³-hybridized carbons (Fsp3) is 0.364. The normalized spacial score (nSPS) is 15.8. The lowest BCUT2D eigenvalue weighted by atomic mass is 9.98. The van der Waals surface area contributed by atoms with Gasteiger partial charge in [-0.2, -0.15) is 5.26 Å². The van der Waals surface area contributed by atoms with Crippen LogP contribution in [0.25, 0.3) is 0 Å². The molecule has 1 heterocycles. The summed E-state index contributed by atoms with van der Waals surface area (Å²) in [5, 5.41) is 12.3. The Morgan fingerprint density at radius 1 is 1.28 bits per heavy atom. The maximum Gasteiger partial charge on any atom is 0.141 e. The summed E-state index contributed by atoms with van der Waals surface area (Å²) in [5.74, 6) is 0.0294. The summed E-state index contributed by atoms with van der Waals surface area (Å²) in [5.41, 5.74) is 2.22. The first-order chi connectivity index (χ1) is 13.6. The van der Waals surface area contributed by atoms with Crippen LogP contribution in [0.15, 0.2) is 36.4 Å². The standard InChI is InChI=1S/C22H23FN2O3.ClH/c1-2-27-21-6-3-15(13-24)9-18(21)11-19(26)10-16-4-5-17(12-20(16)23)22-14-25-7-8-28-22;/h3-6,9,12,22,25H,2,7-8,10-11,14H2,1H3;1H/t22-;/m1./s1. The van der Waals surface area contributed by atoms with Crippen LogP contribution >= 0.6 is 12.4 Å². The third kappa shape index (κ3) is 6.01. The number of benzene rings is 2. The molecule has 0 amide bonds. The number of carbonyl (C=O) groups excluding carboxylic acids is 1. The highest BCUT2D eigenvalue weighted by atomic mass is 35.5. The molecule has 0 aliphatic carbocycles. The van der Waals surface area contributed by atoms with Crippen molar-refractivity contribution in [3.63, 3.8) is 0 Å². The highest BCUT2D eigenvalue weighted by Gasteiger charge is 2.18. The van der Waals surface area contributed by atoms with Crippen molar-refractivity contribution in [1.82, 2.24) is 5.32 Å². The van der Waals surface area contributed by atoms with Gasteiger partial charge in [0.2, 0.25) is 0 Å². The zero-order chi connectivity index (χ0) is 19.9. The molecule has 2 aromatic rings. The summed E-state index contributed by atoms with van der Waals surface area (Å²) < 4.78 is 25.7. The number of ether oxygens (including phenoxy) is 2. The minimum Gasteiger partial charge on any atom is -0.494 e. The maximum absolute atomic E-state index is 14.5. The highest BCUT2D eigenvalue weighted by molar-refractivity contribution is 5.85. The van der Waals surface area contributed by atoms with E-state index >= 15 is 0 Å². The molecule has 2 aromatic carbocycles. The number of hydrogen-bond acceptors (Lipinski definition) is 5. The molecule has 7 heteroatoms. The van der Waals surface area contributed by atoms with E-state index in [9.17, 15) is 9.18 Å². The van der Waals surface area contributed by atoms with Crippen LogP contribution in [0.4, 0.5) is 4.39 Å². The SMILES string of the molecule is CCOc1ccc(C#N)cc1CC(=O)Cc1ccc([C@H]2CNCCO2)cc1F.Cl. The van der Waals surface area contributed by atoms with Crippen LogP contribution in [0.3, 0.4) is 0 Å². The number of halogens is 2. The van der Waals surface area contributed by atoms with E-state index < -0.39 is 5.82 Å². The lowest BCUT2D eigenvalue weighted by molar-refractivity contribution is -0.117. The Bertz CT molecular complexity index is 892. The van der Waals surface area contributed by atoms with Crippen molar-refractivity contribution in [3.8, 4) is 11.8 Å². The third-order valence-electron chi connectivity index (χ3n) is 4.64. The summed E-state index contributed by atoms with van der Waals surface area (Å²) in [6, 6.07) is 12.0. The first kappa shape index (κ1) is 22.8. The Labute approximate surface area is 176 Å². The van der Waals surface area contributed by atoms with Crippen molar-refractivity contribution in [2.24, 2.45) is 0 Å². The maximum atomic E-state index is 14.5. The van der Waals surface area contributed by atoms with E-state index in [4.69, 9.17) is 14.7 Å². The van der Waals surface area contributed by atoms with Crippen molar-refractivity contribution in [2.75, 3.05) is 26.3 Å². The van der Waals surface area contributed by atoms with Gasteiger partial charge in [0.15, 0.2) is 0 Å². The number of rotatable bonds is 7. The van der Waals surface area contributed by atoms with Crippen molar-refractivity contribution >= 4 is 18.2 Å². The molecule has 0 saturated carbocycles. The number of ketones is 1. The molecule has 0 radical (unpaired) electrons. The van der Waals surface area contributed by atoms with Crippen molar-refractivity contribution in [2.45, 2.75) is 25.9 Å². The third-order valence-corrected chi connectivity index (χ3v) is 4.64. The fourth-order valence-corrected chi connectivity index (χ4v) is 3.26. The van der Waals surface area contributed by atoms with Gasteiger partial charge < -0.3 is 14.8 Å². The molecular formula is C22H24ClFN2O3. The van der Waals surface area contributed by atoms with E-state index in [0.717, 1.165) is 12.1 Å². The lowest BCUT2D eigenvalue weighted by Crippen LogP contribution is -2.33. The van der Waals surface area contributed by atoms with E-state index in [1.54, 1.807) is 24.3 Å². The average Bonchev–Trinajstić information content (AvgIpc) is 2.71. The predicted molar refractivity (Wildman–Crippen MR) is 110 cm³/mol. The summed E-state index contributed by atoms with van der Waals surface area (Å²) in [4.78, 5) is 12.5. The van der Waals surface area contributed by atoms with Crippen LogP contribution in [0.2, 0.25) is 0 Å². The van der Waals surface area contributed by atoms with E-state index in [2.05, 4.69) is 11.4 Å². The second kappa shape index (κ2) is 10.9. The smallest absolute Gasteiger partial charge is 0.141 e. The molecular weight excluding hydrogens is 395 g/mol. The molecule has 1 aliphatic rings. The van der Waals surface area contributed by atoms with E-state index in [-0.39, 0.29) is 37.1 Å². The van der Waals surface area contributed by atoms with Crippen molar-refractivity contribution < 1.29 is 18.7 Å². The summed E-state index contributed by atoms with van der Waals surface area (Å²) >= 11 is 0. The first-order valence-corrected chi connectivity index (χ1v) is 9.39. The second-order valence-electron chi connectivity index (χ2n) is 6.67. The van der Waals surface area contributed by atoms with Gasteiger partial charge >= 0.3 is 0 Å². The van der Waals surface area contributed by atoms with Crippen LogP contribution < -0.4 is 10.1 Å². The Balaban J connectivity index is 0.00000300. The van der Waals surface area contributed by atoms with Crippen LogP contribution in [0.5, 0.6) is 5.75 Å². The van der Waals surface area contributed by atoms with E-state index in [1.807, 2.05) is 13.0 Å². The van der Waals surface area contributed by atoms with Crippen LogP contribution in [0, 0.1) is 17.1 Å². The Hall–Kier alpha value is -2.46. The molecule has 154 valence electrons. The highest BCUT2D eigenvalue weighted by Crippen LogP contribution is 2.24. The zero-order valence-corrected chi connectivity index (χ0v) is 17.1. The Kier molecular flexibility index (Phi) is 8.59. The molecule has 0 spiro atoms. The van der Waals surface area contributed by atoms with Gasteiger partial charge in [-0.15, -0.1) is 12.4 Å². The number of Topliss-reactive ketones (excluding diaryl/α,β-unsaturated/α-hetero) is 1. The average molecular weight is 419 g/mol. The monoisotopic (exact) mass is 418 g/mol. The van der Waals surface area contributed by atoms with Gasteiger partial charge in [0.25, 0.3) is 0 Å². The number of carbonyl (C=O) groups is 1. The van der Waals surface area contributed by atoms with Gasteiger partial charge in [-0.25, -0.2) is 4.39 Å². The van der Waals surface area contributed by atoms with Gasteiger partial charge in [-0.1, -0.05) is 12.1 Å². The molecule has 1 fully saturated rings. The van der Waals surface area contributed by atoms with E-state index in [0.29, 0.717) is 42.2 Å². The Morgan fingerprint density at radius 3 is 2.72 bits per heavy atom. The summed E-state index contributed by atoms with van der Waals surface area (Å²) in [6.45, 7) is 4.35. The molecule has 3 rings (SSSR count). The van der Waals surface area contributed by atoms with Crippen LogP contribution in [-0.2, 0) is 22.4 Å². The topological polar surface area (TPSA) is 71.3 Å². The lowest BCUT2D eigenvalue weighted by Gasteiger charge is -2.24. The minimum absolute atomic E-state index is 0. The predicted octanol–water partition coefficient (Wildman–Crippen LogP) is 3.53. The molecule has 1 saturated heterocycles. The number of nitriles is 1. The van der Waals surface area contributed by atoms with Gasteiger partial charge in [0, 0.05) is 31.5 Å².